The van der Waals surface area contributed by atoms with Crippen LogP contribution < -0.4 is 5.32 Å². The smallest absolute Gasteiger partial charge is 0.251 e. The van der Waals surface area contributed by atoms with Crippen molar-refractivity contribution in [1.29, 1.82) is 0 Å². The van der Waals surface area contributed by atoms with Gasteiger partial charge in [-0.2, -0.15) is 0 Å². The Balaban J connectivity index is 2.77. The average molecular weight is 289 g/mol. The Kier molecular flexibility index (Phi) is 7.52. The number of carbonyl (C=O) groups is 1. The highest BCUT2D eigenvalue weighted by molar-refractivity contribution is 5.94. The van der Waals surface area contributed by atoms with Crippen LogP contribution in [0.4, 0.5) is 0 Å². The molecule has 1 aromatic rings. The molecular weight excluding hydrogens is 266 g/mol. The summed E-state index contributed by atoms with van der Waals surface area (Å²) in [4.78, 5) is 12.3. The lowest BCUT2D eigenvalue weighted by Crippen LogP contribution is -2.41. The maximum Gasteiger partial charge on any atom is 0.251 e. The quantitative estimate of drug-likeness (QED) is 0.785. The van der Waals surface area contributed by atoms with Gasteiger partial charge >= 0.3 is 0 Å². The van der Waals surface area contributed by atoms with Crippen LogP contribution in [-0.4, -0.2) is 36.9 Å². The summed E-state index contributed by atoms with van der Waals surface area (Å²) in [6.45, 7) is 6.97. The minimum absolute atomic E-state index is 0.0235. The number of hydrogen-bond acceptors (Lipinski definition) is 3. The minimum atomic E-state index is -0.194. The number of rotatable bonds is 6. The monoisotopic (exact) mass is 289 g/mol. The van der Waals surface area contributed by atoms with Crippen LogP contribution >= 0.6 is 0 Å². The van der Waals surface area contributed by atoms with E-state index in [2.05, 4.69) is 17.2 Å². The van der Waals surface area contributed by atoms with Gasteiger partial charge < -0.3 is 15.2 Å². The highest BCUT2D eigenvalue weighted by atomic mass is 16.5. The molecule has 0 aliphatic rings. The highest BCUT2D eigenvalue weighted by Gasteiger charge is 2.17. The Morgan fingerprint density at radius 1 is 1.43 bits per heavy atom. The van der Waals surface area contributed by atoms with E-state index in [1.54, 1.807) is 24.3 Å². The molecule has 0 saturated carbocycles. The maximum absolute atomic E-state index is 12.3. The van der Waals surface area contributed by atoms with Crippen LogP contribution in [0, 0.1) is 17.8 Å². The van der Waals surface area contributed by atoms with Gasteiger partial charge in [-0.25, -0.2) is 0 Å². The molecule has 1 atom stereocenters. The zero-order chi connectivity index (χ0) is 15.7. The van der Waals surface area contributed by atoms with Crippen molar-refractivity contribution >= 4 is 5.91 Å². The fourth-order valence-corrected chi connectivity index (χ4v) is 1.78. The number of nitrogens with one attached hydrogen (secondary N) is 1. The van der Waals surface area contributed by atoms with Crippen LogP contribution in [0.25, 0.3) is 0 Å². The third-order valence-electron chi connectivity index (χ3n) is 3.06. The number of amides is 1. The standard InChI is InChI=1S/C17H23NO3/c1-4-21-12-16(13(2)3)18-17(20)15-9-5-7-14(11-15)8-6-10-19/h5,7,9,11,13,16,19H,4,10,12H2,1-3H3,(H,18,20). The molecule has 0 heterocycles. The van der Waals surface area contributed by atoms with E-state index < -0.39 is 0 Å². The second kappa shape index (κ2) is 9.17. The van der Waals surface area contributed by atoms with Crippen molar-refractivity contribution in [2.24, 2.45) is 5.92 Å². The zero-order valence-corrected chi connectivity index (χ0v) is 12.8. The molecule has 0 bridgehead atoms. The van der Waals surface area contributed by atoms with Gasteiger partial charge in [0.1, 0.15) is 6.61 Å². The summed E-state index contributed by atoms with van der Waals surface area (Å²) < 4.78 is 5.41. The van der Waals surface area contributed by atoms with Crippen molar-refractivity contribution in [3.05, 3.63) is 35.4 Å². The third-order valence-corrected chi connectivity index (χ3v) is 3.06. The number of carbonyl (C=O) groups excluding carboxylic acids is 1. The Hall–Kier alpha value is -1.83. The van der Waals surface area contributed by atoms with Gasteiger partial charge in [0.25, 0.3) is 5.91 Å². The molecule has 0 aromatic heterocycles. The van der Waals surface area contributed by atoms with Gasteiger partial charge in [-0.15, -0.1) is 0 Å². The molecule has 4 heteroatoms. The SMILES string of the molecule is CCOCC(NC(=O)c1cccc(C#CCO)c1)C(C)C. The molecule has 4 nitrogen and oxygen atoms in total. The van der Waals surface area contributed by atoms with E-state index in [0.29, 0.717) is 24.3 Å². The molecule has 1 rings (SSSR count). The van der Waals surface area contributed by atoms with Gasteiger partial charge in [0, 0.05) is 17.7 Å². The van der Waals surface area contributed by atoms with Crippen LogP contribution in [0.3, 0.4) is 0 Å². The molecule has 1 unspecified atom stereocenters. The van der Waals surface area contributed by atoms with Crippen molar-refractivity contribution in [1.82, 2.24) is 5.32 Å². The predicted octanol–water partition coefficient (Wildman–Crippen LogP) is 1.82. The van der Waals surface area contributed by atoms with Gasteiger partial charge in [-0.05, 0) is 31.0 Å². The molecule has 0 spiro atoms. The summed E-state index contributed by atoms with van der Waals surface area (Å²) >= 11 is 0. The Morgan fingerprint density at radius 3 is 2.81 bits per heavy atom. The fourth-order valence-electron chi connectivity index (χ4n) is 1.78. The molecule has 1 amide bonds. The number of aliphatic hydroxyl groups excluding tert-OH is 1. The Morgan fingerprint density at radius 2 is 2.19 bits per heavy atom. The summed E-state index contributed by atoms with van der Waals surface area (Å²) in [5.41, 5.74) is 1.27. The van der Waals surface area contributed by atoms with Crippen molar-refractivity contribution in [2.75, 3.05) is 19.8 Å². The summed E-state index contributed by atoms with van der Waals surface area (Å²) in [5, 5.41) is 11.7. The first-order valence-electron chi connectivity index (χ1n) is 7.16. The lowest BCUT2D eigenvalue weighted by Gasteiger charge is -2.22. The van der Waals surface area contributed by atoms with Gasteiger partial charge in [-0.1, -0.05) is 31.8 Å². The van der Waals surface area contributed by atoms with Crippen molar-refractivity contribution in [2.45, 2.75) is 26.8 Å². The number of benzene rings is 1. The first-order valence-corrected chi connectivity index (χ1v) is 7.16. The minimum Gasteiger partial charge on any atom is -0.384 e. The first-order chi connectivity index (χ1) is 10.1. The molecule has 114 valence electrons. The van der Waals surface area contributed by atoms with Crippen LogP contribution in [0.1, 0.15) is 36.7 Å². The largest absolute Gasteiger partial charge is 0.384 e. The van der Waals surface area contributed by atoms with Crippen molar-refractivity contribution < 1.29 is 14.6 Å². The molecule has 0 saturated heterocycles. The summed E-state index contributed by atoms with van der Waals surface area (Å²) in [6, 6.07) is 7.03. The second-order valence-electron chi connectivity index (χ2n) is 5.02. The molecule has 0 aliphatic carbocycles. The van der Waals surface area contributed by atoms with E-state index >= 15 is 0 Å². The van der Waals surface area contributed by atoms with Crippen LogP contribution in [0.5, 0.6) is 0 Å². The van der Waals surface area contributed by atoms with E-state index in [1.165, 1.54) is 0 Å². The Bertz CT molecular complexity index is 514. The lowest BCUT2D eigenvalue weighted by molar-refractivity contribution is 0.0806. The molecule has 21 heavy (non-hydrogen) atoms. The van der Waals surface area contributed by atoms with Gasteiger partial charge in [0.15, 0.2) is 0 Å². The van der Waals surface area contributed by atoms with Crippen LogP contribution in [0.2, 0.25) is 0 Å². The van der Waals surface area contributed by atoms with Crippen molar-refractivity contribution in [3.8, 4) is 11.8 Å². The summed E-state index contributed by atoms with van der Waals surface area (Å²) in [7, 11) is 0. The number of aliphatic hydroxyl groups is 1. The average Bonchev–Trinajstić information content (AvgIpc) is 2.49. The molecule has 1 aromatic carbocycles. The van der Waals surface area contributed by atoms with E-state index in [0.717, 1.165) is 0 Å². The fraction of sp³-hybridized carbons (Fsp3) is 0.471. The summed E-state index contributed by atoms with van der Waals surface area (Å²) in [6.07, 6.45) is 0. The van der Waals surface area contributed by atoms with E-state index in [-0.39, 0.29) is 24.5 Å². The van der Waals surface area contributed by atoms with Gasteiger partial charge in [-0.3, -0.25) is 4.79 Å². The van der Waals surface area contributed by atoms with Crippen LogP contribution in [-0.2, 0) is 4.74 Å². The van der Waals surface area contributed by atoms with E-state index in [1.807, 2.05) is 20.8 Å². The highest BCUT2D eigenvalue weighted by Crippen LogP contribution is 2.07. The summed E-state index contributed by atoms with van der Waals surface area (Å²) in [5.74, 6) is 5.52. The number of hydrogen-bond donors (Lipinski definition) is 2. The van der Waals surface area contributed by atoms with E-state index in [9.17, 15) is 4.79 Å². The normalized spacial score (nSPS) is 11.7. The predicted molar refractivity (Wildman–Crippen MR) is 83.0 cm³/mol. The molecule has 2 N–H and O–H groups in total. The molecule has 0 fully saturated rings. The van der Waals surface area contributed by atoms with Gasteiger partial charge in [0.05, 0.1) is 12.6 Å². The maximum atomic E-state index is 12.3. The van der Waals surface area contributed by atoms with E-state index in [4.69, 9.17) is 9.84 Å². The third kappa shape index (κ3) is 5.99. The zero-order valence-electron chi connectivity index (χ0n) is 12.8. The number of ether oxygens (including phenoxy) is 1. The first kappa shape index (κ1) is 17.2. The van der Waals surface area contributed by atoms with Crippen LogP contribution in [0.15, 0.2) is 24.3 Å². The topological polar surface area (TPSA) is 58.6 Å². The molecular formula is C17H23NO3. The Labute approximate surface area is 126 Å². The lowest BCUT2D eigenvalue weighted by atomic mass is 10.0. The second-order valence-corrected chi connectivity index (χ2v) is 5.02. The molecule has 0 radical (unpaired) electrons. The van der Waals surface area contributed by atoms with Gasteiger partial charge in [0.2, 0.25) is 0 Å². The van der Waals surface area contributed by atoms with Crippen molar-refractivity contribution in [3.63, 3.8) is 0 Å². The molecule has 0 aliphatic heterocycles.